The van der Waals surface area contributed by atoms with Crippen LogP contribution in [0.5, 0.6) is 5.88 Å². The maximum absolute atomic E-state index is 11.5. The third-order valence-corrected chi connectivity index (χ3v) is 8.20. The number of morpholine rings is 1. The summed E-state index contributed by atoms with van der Waals surface area (Å²) in [6, 6.07) is 0.667. The van der Waals surface area contributed by atoms with Gasteiger partial charge >= 0.3 is 0 Å². The van der Waals surface area contributed by atoms with Crippen molar-refractivity contribution in [2.75, 3.05) is 26.3 Å². The lowest BCUT2D eigenvalue weighted by Gasteiger charge is -2.38. The lowest BCUT2D eigenvalue weighted by atomic mass is 9.91. The summed E-state index contributed by atoms with van der Waals surface area (Å²) in [5.41, 5.74) is 1.37. The van der Waals surface area contributed by atoms with Crippen molar-refractivity contribution in [2.45, 2.75) is 76.4 Å². The second kappa shape index (κ2) is 8.89. The smallest absolute Gasteiger partial charge is 0.225 e. The third-order valence-electron chi connectivity index (χ3n) is 7.02. The molecule has 5 rings (SSSR count). The fraction of sp³-hybridized carbons (Fsp3) is 0.696. The molecule has 0 unspecified atom stereocenters. The fourth-order valence-corrected chi connectivity index (χ4v) is 6.66. The van der Waals surface area contributed by atoms with Gasteiger partial charge < -0.3 is 14.3 Å². The summed E-state index contributed by atoms with van der Waals surface area (Å²) in [6.45, 7) is 5.54. The van der Waals surface area contributed by atoms with Gasteiger partial charge in [-0.05, 0) is 63.4 Å². The Balaban J connectivity index is 1.30. The zero-order chi connectivity index (χ0) is 20.5. The zero-order valence-electron chi connectivity index (χ0n) is 17.8. The highest BCUT2D eigenvalue weighted by Gasteiger charge is 2.32. The second-order valence-electron chi connectivity index (χ2n) is 8.97. The van der Waals surface area contributed by atoms with Gasteiger partial charge in [-0.1, -0.05) is 0 Å². The molecule has 30 heavy (non-hydrogen) atoms. The van der Waals surface area contributed by atoms with Gasteiger partial charge in [0.25, 0.3) is 0 Å². The molecule has 3 heterocycles. The van der Waals surface area contributed by atoms with Crippen molar-refractivity contribution in [3.05, 3.63) is 16.8 Å². The summed E-state index contributed by atoms with van der Waals surface area (Å²) in [7, 11) is 0. The molecule has 2 aromatic heterocycles. The normalized spacial score (nSPS) is 27.3. The molecule has 1 aliphatic heterocycles. The summed E-state index contributed by atoms with van der Waals surface area (Å²) >= 11 is 1.79. The van der Waals surface area contributed by atoms with Crippen LogP contribution >= 0.6 is 11.3 Å². The minimum Gasteiger partial charge on any atom is -0.474 e. The van der Waals surface area contributed by atoms with Crippen LogP contribution in [-0.2, 0) is 16.0 Å². The molecule has 1 atom stereocenters. The topological polar surface area (TPSA) is 64.5 Å². The van der Waals surface area contributed by atoms with Gasteiger partial charge in [-0.3, -0.25) is 4.90 Å². The standard InChI is InChI=1S/C23H31N3O3S/c1-15(27)2-3-16-4-9-19-20(16)21-22(24-14-25-23(21)30-19)29-18-7-5-17(6-8-18)26-10-12-28-13-11-26/h14,16-18H,2-13H2,1H3/t16-,17?,18?/m0/s1. The summed E-state index contributed by atoms with van der Waals surface area (Å²) in [5.74, 6) is 1.47. The predicted molar refractivity (Wildman–Crippen MR) is 117 cm³/mol. The average molecular weight is 430 g/mol. The van der Waals surface area contributed by atoms with Gasteiger partial charge in [0.1, 0.15) is 23.0 Å². The maximum atomic E-state index is 11.5. The van der Waals surface area contributed by atoms with Gasteiger partial charge in [-0.2, -0.15) is 0 Å². The Hall–Kier alpha value is -1.57. The Bertz CT molecular complexity index is 900. The molecule has 3 aliphatic rings. The van der Waals surface area contributed by atoms with Crippen LogP contribution in [0.3, 0.4) is 0 Å². The number of carbonyl (C=O) groups excluding carboxylic acids is 1. The van der Waals surface area contributed by atoms with Crippen molar-refractivity contribution in [1.82, 2.24) is 14.9 Å². The molecule has 0 bridgehead atoms. The predicted octanol–water partition coefficient (Wildman–Crippen LogP) is 4.11. The van der Waals surface area contributed by atoms with Crippen LogP contribution in [0.1, 0.15) is 68.2 Å². The Morgan fingerprint density at radius 3 is 2.77 bits per heavy atom. The number of carbonyl (C=O) groups is 1. The molecule has 0 N–H and O–H groups in total. The van der Waals surface area contributed by atoms with Gasteiger partial charge in [0.2, 0.25) is 5.88 Å². The van der Waals surface area contributed by atoms with Crippen LogP contribution in [0.25, 0.3) is 10.2 Å². The third kappa shape index (κ3) is 4.12. The minimum absolute atomic E-state index is 0.230. The number of aryl methyl sites for hydroxylation is 1. The average Bonchev–Trinajstić information content (AvgIpc) is 3.33. The largest absolute Gasteiger partial charge is 0.474 e. The van der Waals surface area contributed by atoms with Gasteiger partial charge in [-0.15, -0.1) is 11.3 Å². The second-order valence-corrected chi connectivity index (χ2v) is 10.1. The van der Waals surface area contributed by atoms with Crippen molar-refractivity contribution in [2.24, 2.45) is 0 Å². The lowest BCUT2D eigenvalue weighted by molar-refractivity contribution is -0.117. The summed E-state index contributed by atoms with van der Waals surface area (Å²) in [6.07, 6.45) is 10.2. The van der Waals surface area contributed by atoms with Gasteiger partial charge in [0.15, 0.2) is 0 Å². The van der Waals surface area contributed by atoms with Crippen LogP contribution in [0.15, 0.2) is 6.33 Å². The molecule has 6 nitrogen and oxygen atoms in total. The Morgan fingerprint density at radius 1 is 1.20 bits per heavy atom. The molecule has 162 valence electrons. The van der Waals surface area contributed by atoms with Crippen molar-refractivity contribution >= 4 is 27.3 Å². The van der Waals surface area contributed by atoms with E-state index in [4.69, 9.17) is 9.47 Å². The number of fused-ring (bicyclic) bond motifs is 3. The molecule has 1 saturated carbocycles. The van der Waals surface area contributed by atoms with E-state index >= 15 is 0 Å². The molecule has 0 spiro atoms. The highest BCUT2D eigenvalue weighted by Crippen LogP contribution is 2.47. The molecule has 0 radical (unpaired) electrons. The van der Waals surface area contributed by atoms with Gasteiger partial charge in [-0.25, -0.2) is 9.97 Å². The molecular weight excluding hydrogens is 398 g/mol. The minimum atomic E-state index is 0.230. The van der Waals surface area contributed by atoms with E-state index in [1.165, 1.54) is 23.3 Å². The molecule has 0 aromatic carbocycles. The molecular formula is C23H31N3O3S. The number of rotatable bonds is 6. The summed E-state index contributed by atoms with van der Waals surface area (Å²) < 4.78 is 12.0. The summed E-state index contributed by atoms with van der Waals surface area (Å²) in [4.78, 5) is 25.7. The number of Topliss-reactive ketones (excluding diaryl/α,β-unsaturated/α-hetero) is 1. The number of ether oxygens (including phenoxy) is 2. The molecule has 7 heteroatoms. The summed E-state index contributed by atoms with van der Waals surface area (Å²) in [5, 5.41) is 1.12. The first-order valence-corrected chi connectivity index (χ1v) is 12.2. The van der Waals surface area contributed by atoms with Crippen LogP contribution in [0.4, 0.5) is 0 Å². The van der Waals surface area contributed by atoms with E-state index in [0.29, 0.717) is 18.4 Å². The highest BCUT2D eigenvalue weighted by atomic mass is 32.1. The van der Waals surface area contributed by atoms with E-state index in [-0.39, 0.29) is 11.9 Å². The van der Waals surface area contributed by atoms with Crippen molar-refractivity contribution in [1.29, 1.82) is 0 Å². The van der Waals surface area contributed by atoms with E-state index in [9.17, 15) is 4.79 Å². The lowest BCUT2D eigenvalue weighted by Crippen LogP contribution is -2.46. The van der Waals surface area contributed by atoms with Gasteiger partial charge in [0, 0.05) is 30.4 Å². The molecule has 1 saturated heterocycles. The molecule has 2 aliphatic carbocycles. The molecule has 0 amide bonds. The SMILES string of the molecule is CC(=O)CC[C@H]1CCc2sc3ncnc(OC4CCC(N5CCOCC5)CC4)c3c21. The van der Waals surface area contributed by atoms with Crippen LogP contribution in [-0.4, -0.2) is 59.1 Å². The van der Waals surface area contributed by atoms with Crippen molar-refractivity contribution in [3.63, 3.8) is 0 Å². The van der Waals surface area contributed by atoms with Gasteiger partial charge in [0.05, 0.1) is 18.6 Å². The Kier molecular flexibility index (Phi) is 6.03. The van der Waals surface area contributed by atoms with Crippen LogP contribution < -0.4 is 4.74 Å². The first-order valence-electron chi connectivity index (χ1n) is 11.4. The Morgan fingerprint density at radius 2 is 2.00 bits per heavy atom. The van der Waals surface area contributed by atoms with E-state index < -0.39 is 0 Å². The fourth-order valence-electron chi connectivity index (χ4n) is 5.42. The number of aromatic nitrogens is 2. The highest BCUT2D eigenvalue weighted by molar-refractivity contribution is 7.19. The van der Waals surface area contributed by atoms with E-state index in [2.05, 4.69) is 14.9 Å². The van der Waals surface area contributed by atoms with E-state index in [0.717, 1.165) is 74.5 Å². The monoisotopic (exact) mass is 429 g/mol. The quantitative estimate of drug-likeness (QED) is 0.688. The molecule has 2 aromatic rings. The number of hydrogen-bond donors (Lipinski definition) is 0. The van der Waals surface area contributed by atoms with E-state index in [1.807, 2.05) is 0 Å². The number of ketones is 1. The number of hydrogen-bond acceptors (Lipinski definition) is 7. The maximum Gasteiger partial charge on any atom is 0.225 e. The first kappa shape index (κ1) is 20.3. The molecule has 2 fully saturated rings. The Labute approximate surface area is 182 Å². The van der Waals surface area contributed by atoms with Crippen LogP contribution in [0, 0.1) is 0 Å². The zero-order valence-corrected chi connectivity index (χ0v) is 18.6. The van der Waals surface area contributed by atoms with Crippen molar-refractivity contribution in [3.8, 4) is 5.88 Å². The number of thiophene rings is 1. The first-order chi connectivity index (χ1) is 14.7. The number of nitrogens with zero attached hydrogens (tertiary/aromatic N) is 3. The van der Waals surface area contributed by atoms with Crippen molar-refractivity contribution < 1.29 is 14.3 Å². The van der Waals surface area contributed by atoms with Crippen LogP contribution in [0.2, 0.25) is 0 Å². The van der Waals surface area contributed by atoms with E-state index in [1.54, 1.807) is 24.6 Å².